The normalized spacial score (nSPS) is 18.3. The highest BCUT2D eigenvalue weighted by Crippen LogP contribution is 2.22. The number of thiophene rings is 1. The van der Waals surface area contributed by atoms with Crippen LogP contribution in [0.5, 0.6) is 0 Å². The maximum atomic E-state index is 4.34. The van der Waals surface area contributed by atoms with Crippen LogP contribution in [0.25, 0.3) is 0 Å². The van der Waals surface area contributed by atoms with Crippen molar-refractivity contribution < 1.29 is 0 Å². The molecular weight excluding hydrogens is 372 g/mol. The number of benzene rings is 1. The summed E-state index contributed by atoms with van der Waals surface area (Å²) in [6, 6.07) is 15.2. The largest absolute Gasteiger partial charge is 0.369 e. The summed E-state index contributed by atoms with van der Waals surface area (Å²) in [5.74, 6) is 0.870. The lowest BCUT2D eigenvalue weighted by Gasteiger charge is -2.20. The van der Waals surface area contributed by atoms with Gasteiger partial charge in [0.25, 0.3) is 0 Å². The lowest BCUT2D eigenvalue weighted by molar-refractivity contribution is 0.649. The second-order valence-electron chi connectivity index (χ2n) is 5.54. The highest BCUT2D eigenvalue weighted by atomic mass is 79.9. The fourth-order valence-electron chi connectivity index (χ4n) is 2.76. The molecule has 2 aromatic rings. The van der Waals surface area contributed by atoms with Crippen molar-refractivity contribution in [2.45, 2.75) is 19.0 Å². The first-order chi connectivity index (χ1) is 11.2. The summed E-state index contributed by atoms with van der Waals surface area (Å²) in [6.45, 7) is 2.89. The molecule has 2 heterocycles. The number of rotatable bonds is 4. The summed E-state index contributed by atoms with van der Waals surface area (Å²) in [5, 5.41) is 6.92. The van der Waals surface area contributed by atoms with Gasteiger partial charge in [-0.25, -0.2) is 0 Å². The monoisotopic (exact) mass is 392 g/mol. The minimum absolute atomic E-state index is 0.427. The topological polar surface area (TPSA) is 39.7 Å². The molecule has 1 fully saturated rings. The molecule has 1 aromatic carbocycles. The van der Waals surface area contributed by atoms with Gasteiger partial charge in [0.05, 0.1) is 10.3 Å². The number of anilines is 1. The smallest absolute Gasteiger partial charge is 0.191 e. The molecule has 1 atom stereocenters. The van der Waals surface area contributed by atoms with Gasteiger partial charge in [0, 0.05) is 36.7 Å². The van der Waals surface area contributed by atoms with E-state index in [9.17, 15) is 0 Å². The number of hydrogen-bond acceptors (Lipinski definition) is 3. The van der Waals surface area contributed by atoms with E-state index in [1.807, 2.05) is 7.05 Å². The van der Waals surface area contributed by atoms with E-state index in [2.05, 4.69) is 78.9 Å². The molecule has 0 aliphatic carbocycles. The molecule has 2 N–H and O–H groups in total. The summed E-state index contributed by atoms with van der Waals surface area (Å²) >= 11 is 5.24. The quantitative estimate of drug-likeness (QED) is 0.618. The van der Waals surface area contributed by atoms with Gasteiger partial charge in [-0.2, -0.15) is 0 Å². The van der Waals surface area contributed by atoms with E-state index in [-0.39, 0.29) is 0 Å². The number of halogens is 1. The lowest BCUT2D eigenvalue weighted by Crippen LogP contribution is -2.44. The van der Waals surface area contributed by atoms with E-state index in [4.69, 9.17) is 0 Å². The second kappa shape index (κ2) is 7.84. The average Bonchev–Trinajstić information content (AvgIpc) is 3.21. The molecule has 23 heavy (non-hydrogen) atoms. The highest BCUT2D eigenvalue weighted by Gasteiger charge is 2.23. The van der Waals surface area contributed by atoms with E-state index in [0.717, 1.165) is 35.8 Å². The maximum absolute atomic E-state index is 4.34. The minimum Gasteiger partial charge on any atom is -0.369 e. The predicted molar refractivity (Wildman–Crippen MR) is 102 cm³/mol. The second-order valence-corrected chi connectivity index (χ2v) is 8.09. The van der Waals surface area contributed by atoms with Gasteiger partial charge in [-0.3, -0.25) is 4.99 Å². The number of aliphatic imine (C=N–C) groups is 1. The molecule has 1 unspecified atom stereocenters. The van der Waals surface area contributed by atoms with Crippen LogP contribution in [0, 0.1) is 0 Å². The molecule has 1 aliphatic heterocycles. The van der Waals surface area contributed by atoms with Crippen molar-refractivity contribution in [1.29, 1.82) is 0 Å². The third-order valence-electron chi connectivity index (χ3n) is 3.93. The van der Waals surface area contributed by atoms with Crippen LogP contribution in [0.1, 0.15) is 11.3 Å². The average molecular weight is 393 g/mol. The summed E-state index contributed by atoms with van der Waals surface area (Å²) < 4.78 is 1.16. The third kappa shape index (κ3) is 4.48. The Labute approximate surface area is 149 Å². The van der Waals surface area contributed by atoms with Crippen molar-refractivity contribution in [3.63, 3.8) is 0 Å². The van der Waals surface area contributed by atoms with E-state index in [1.165, 1.54) is 10.6 Å². The summed E-state index contributed by atoms with van der Waals surface area (Å²) in [4.78, 5) is 8.05. The van der Waals surface area contributed by atoms with Crippen molar-refractivity contribution in [2.75, 3.05) is 25.0 Å². The van der Waals surface area contributed by atoms with Gasteiger partial charge in [-0.05, 0) is 46.6 Å². The molecule has 4 nitrogen and oxygen atoms in total. The summed E-state index contributed by atoms with van der Waals surface area (Å²) in [5.41, 5.74) is 1.29. The molecule has 0 bridgehead atoms. The fraction of sp³-hybridized carbons (Fsp3) is 0.353. The Balaban J connectivity index is 1.50. The van der Waals surface area contributed by atoms with Crippen LogP contribution in [-0.4, -0.2) is 32.1 Å². The molecule has 3 rings (SSSR count). The Bertz CT molecular complexity index is 656. The van der Waals surface area contributed by atoms with E-state index in [1.54, 1.807) is 11.3 Å². The zero-order valence-corrected chi connectivity index (χ0v) is 15.5. The number of guanidine groups is 1. The standard InChI is InChI=1S/C17H21BrN4S/c1-19-17(20-11-15-7-8-16(18)23-15)21-13-9-10-22(12-13)14-5-3-2-4-6-14/h2-8,13H,9-12H2,1H3,(H2,19,20,21). The van der Waals surface area contributed by atoms with E-state index < -0.39 is 0 Å². The molecule has 6 heteroatoms. The molecular formula is C17H21BrN4S. The van der Waals surface area contributed by atoms with E-state index in [0.29, 0.717) is 6.04 Å². The van der Waals surface area contributed by atoms with Gasteiger partial charge in [-0.15, -0.1) is 11.3 Å². The van der Waals surface area contributed by atoms with Crippen molar-refractivity contribution in [1.82, 2.24) is 10.6 Å². The van der Waals surface area contributed by atoms with Crippen LogP contribution in [0.15, 0.2) is 51.2 Å². The van der Waals surface area contributed by atoms with Crippen molar-refractivity contribution in [2.24, 2.45) is 4.99 Å². The number of para-hydroxylation sites is 1. The van der Waals surface area contributed by atoms with Crippen molar-refractivity contribution in [3.8, 4) is 0 Å². The molecule has 0 spiro atoms. The molecule has 122 valence electrons. The SMILES string of the molecule is CN=C(NCc1ccc(Br)s1)NC1CCN(c2ccccc2)C1. The molecule has 0 saturated carbocycles. The lowest BCUT2D eigenvalue weighted by atomic mass is 10.3. The number of nitrogens with one attached hydrogen (secondary N) is 2. The third-order valence-corrected chi connectivity index (χ3v) is 5.56. The Morgan fingerprint density at radius 1 is 1.30 bits per heavy atom. The van der Waals surface area contributed by atoms with Gasteiger partial charge < -0.3 is 15.5 Å². The van der Waals surface area contributed by atoms with Crippen LogP contribution in [0.2, 0.25) is 0 Å². The van der Waals surface area contributed by atoms with Gasteiger partial charge in [0.1, 0.15) is 0 Å². The number of nitrogens with zero attached hydrogens (tertiary/aromatic N) is 2. The predicted octanol–water partition coefficient (Wildman–Crippen LogP) is 3.45. The van der Waals surface area contributed by atoms with Gasteiger partial charge in [-0.1, -0.05) is 18.2 Å². The maximum Gasteiger partial charge on any atom is 0.191 e. The zero-order chi connectivity index (χ0) is 16.1. The van der Waals surface area contributed by atoms with Crippen LogP contribution in [-0.2, 0) is 6.54 Å². The Morgan fingerprint density at radius 3 is 2.83 bits per heavy atom. The van der Waals surface area contributed by atoms with Crippen LogP contribution in [0.3, 0.4) is 0 Å². The molecule has 0 radical (unpaired) electrons. The van der Waals surface area contributed by atoms with E-state index >= 15 is 0 Å². The summed E-state index contributed by atoms with van der Waals surface area (Å²) in [6.07, 6.45) is 1.13. The molecule has 1 aromatic heterocycles. The first kappa shape index (κ1) is 16.3. The van der Waals surface area contributed by atoms with Gasteiger partial charge in [0.2, 0.25) is 0 Å². The van der Waals surface area contributed by atoms with Crippen LogP contribution < -0.4 is 15.5 Å². The van der Waals surface area contributed by atoms with Crippen LogP contribution in [0.4, 0.5) is 5.69 Å². The number of hydrogen-bond donors (Lipinski definition) is 2. The Hall–Kier alpha value is -1.53. The Morgan fingerprint density at radius 2 is 2.13 bits per heavy atom. The van der Waals surface area contributed by atoms with Crippen LogP contribution >= 0.6 is 27.3 Å². The zero-order valence-electron chi connectivity index (χ0n) is 13.1. The van der Waals surface area contributed by atoms with Gasteiger partial charge >= 0.3 is 0 Å². The highest BCUT2D eigenvalue weighted by molar-refractivity contribution is 9.11. The molecule has 0 amide bonds. The Kier molecular flexibility index (Phi) is 5.56. The fourth-order valence-corrected chi connectivity index (χ4v) is 4.18. The minimum atomic E-state index is 0.427. The van der Waals surface area contributed by atoms with Crippen molar-refractivity contribution >= 4 is 38.9 Å². The molecule has 1 aliphatic rings. The van der Waals surface area contributed by atoms with Crippen molar-refractivity contribution in [3.05, 3.63) is 51.1 Å². The first-order valence-electron chi connectivity index (χ1n) is 7.76. The first-order valence-corrected chi connectivity index (χ1v) is 9.37. The summed E-state index contributed by atoms with van der Waals surface area (Å²) in [7, 11) is 1.82. The van der Waals surface area contributed by atoms with Gasteiger partial charge in [0.15, 0.2) is 5.96 Å². The molecule has 1 saturated heterocycles.